The van der Waals surface area contributed by atoms with Crippen molar-refractivity contribution in [2.24, 2.45) is 0 Å². The molecule has 1 aromatic heterocycles. The number of nitrogens with two attached hydrogens (primary N) is 1. The average molecular weight is 251 g/mol. The summed E-state index contributed by atoms with van der Waals surface area (Å²) in [6.07, 6.45) is 0.593. The normalized spacial score (nSPS) is 18.2. The molecular weight excluding hydrogens is 240 g/mol. The maximum Gasteiger partial charge on any atom is 0.241 e. The van der Waals surface area contributed by atoms with Crippen LogP contribution in [0.4, 0.5) is 20.7 Å². The van der Waals surface area contributed by atoms with Crippen molar-refractivity contribution >= 4 is 11.9 Å². The lowest BCUT2D eigenvalue weighted by atomic mass is 10.0. The first kappa shape index (κ1) is 10.9. The lowest BCUT2D eigenvalue weighted by Gasteiger charge is -2.24. The fourth-order valence-corrected chi connectivity index (χ4v) is 2.18. The second-order valence-electron chi connectivity index (χ2n) is 4.14. The summed E-state index contributed by atoms with van der Waals surface area (Å²) in [5, 5.41) is 7.02. The molecule has 0 radical (unpaired) electrons. The fourth-order valence-electron chi connectivity index (χ4n) is 2.18. The third kappa shape index (κ3) is 1.68. The molecule has 3 rings (SSSR count). The summed E-state index contributed by atoms with van der Waals surface area (Å²) in [6.45, 7) is 0.610. The first-order valence-electron chi connectivity index (χ1n) is 5.56. The van der Waals surface area contributed by atoms with Gasteiger partial charge in [-0.1, -0.05) is 0 Å². The van der Waals surface area contributed by atoms with Crippen LogP contribution in [-0.2, 0) is 0 Å². The van der Waals surface area contributed by atoms with Crippen LogP contribution in [0.2, 0.25) is 0 Å². The first-order valence-corrected chi connectivity index (χ1v) is 5.56. The molecule has 94 valence electrons. The van der Waals surface area contributed by atoms with Gasteiger partial charge in [-0.25, -0.2) is 13.5 Å². The number of hydrogen-bond donors (Lipinski definition) is 2. The second kappa shape index (κ2) is 3.94. The molecule has 1 aromatic carbocycles. The van der Waals surface area contributed by atoms with E-state index in [-0.39, 0.29) is 17.6 Å². The summed E-state index contributed by atoms with van der Waals surface area (Å²) in [5.41, 5.74) is 5.78. The number of aromatic nitrogens is 3. The van der Waals surface area contributed by atoms with Gasteiger partial charge in [0, 0.05) is 12.1 Å². The third-order valence-corrected chi connectivity index (χ3v) is 2.96. The molecule has 7 heteroatoms. The highest BCUT2D eigenvalue weighted by atomic mass is 19.1. The van der Waals surface area contributed by atoms with Gasteiger partial charge in [-0.15, -0.1) is 5.10 Å². The molecule has 3 N–H and O–H groups in total. The van der Waals surface area contributed by atoms with Crippen molar-refractivity contribution in [2.45, 2.75) is 12.5 Å². The molecule has 1 atom stereocenters. The minimum absolute atomic E-state index is 0.112. The quantitative estimate of drug-likeness (QED) is 0.806. The summed E-state index contributed by atoms with van der Waals surface area (Å²) in [7, 11) is 0. The van der Waals surface area contributed by atoms with E-state index in [4.69, 9.17) is 5.73 Å². The van der Waals surface area contributed by atoms with Crippen LogP contribution in [0.15, 0.2) is 18.2 Å². The number of halogens is 2. The third-order valence-electron chi connectivity index (χ3n) is 2.96. The number of anilines is 2. The molecule has 1 aliphatic heterocycles. The summed E-state index contributed by atoms with van der Waals surface area (Å²) >= 11 is 0. The Bertz CT molecular complexity index is 595. The van der Waals surface area contributed by atoms with Crippen LogP contribution < -0.4 is 11.1 Å². The molecule has 5 nitrogen and oxygen atoms in total. The molecule has 0 saturated carbocycles. The Morgan fingerprint density at radius 2 is 2.22 bits per heavy atom. The first-order chi connectivity index (χ1) is 8.65. The van der Waals surface area contributed by atoms with E-state index in [1.165, 1.54) is 10.7 Å². The Morgan fingerprint density at radius 3 is 3.06 bits per heavy atom. The van der Waals surface area contributed by atoms with E-state index in [9.17, 15) is 8.78 Å². The number of fused-ring (bicyclic) bond motifs is 1. The Balaban J connectivity index is 2.10. The van der Waals surface area contributed by atoms with Gasteiger partial charge in [0.2, 0.25) is 11.9 Å². The van der Waals surface area contributed by atoms with Crippen molar-refractivity contribution in [3.05, 3.63) is 35.4 Å². The number of nitrogens with one attached hydrogen (secondary N) is 1. The van der Waals surface area contributed by atoms with Gasteiger partial charge in [-0.2, -0.15) is 4.98 Å². The molecule has 0 saturated heterocycles. The van der Waals surface area contributed by atoms with Gasteiger partial charge in [-0.3, -0.25) is 0 Å². The highest BCUT2D eigenvalue weighted by Gasteiger charge is 2.26. The van der Waals surface area contributed by atoms with E-state index < -0.39 is 11.6 Å². The van der Waals surface area contributed by atoms with Gasteiger partial charge in [0.25, 0.3) is 0 Å². The van der Waals surface area contributed by atoms with Crippen molar-refractivity contribution < 1.29 is 8.78 Å². The summed E-state index contributed by atoms with van der Waals surface area (Å²) in [5.74, 6) is -0.337. The molecule has 0 fully saturated rings. The van der Waals surface area contributed by atoms with Gasteiger partial charge < -0.3 is 11.1 Å². The van der Waals surface area contributed by atoms with Crippen molar-refractivity contribution in [1.82, 2.24) is 14.8 Å². The largest absolute Gasteiger partial charge is 0.366 e. The minimum atomic E-state index is -0.473. The zero-order valence-corrected chi connectivity index (χ0v) is 9.40. The number of nitrogens with zero attached hydrogens (tertiary/aromatic N) is 3. The van der Waals surface area contributed by atoms with Crippen molar-refractivity contribution in [3.8, 4) is 0 Å². The topological polar surface area (TPSA) is 68.8 Å². The van der Waals surface area contributed by atoms with E-state index in [0.717, 1.165) is 12.1 Å². The standard InChI is InChI=1S/C11H11F2N5/c12-6-1-2-8(13)7(5-6)9-3-4-15-11-16-10(14)17-18(9)11/h1-2,5,9H,3-4H2,(H3,14,15,16,17). The van der Waals surface area contributed by atoms with Crippen molar-refractivity contribution in [3.63, 3.8) is 0 Å². The van der Waals surface area contributed by atoms with Crippen LogP contribution in [0.1, 0.15) is 18.0 Å². The van der Waals surface area contributed by atoms with E-state index in [0.29, 0.717) is 18.9 Å². The number of rotatable bonds is 1. The van der Waals surface area contributed by atoms with Crippen LogP contribution in [0.3, 0.4) is 0 Å². The number of hydrogen-bond acceptors (Lipinski definition) is 4. The van der Waals surface area contributed by atoms with Gasteiger partial charge in [-0.05, 0) is 24.6 Å². The Hall–Kier alpha value is -2.18. The molecule has 0 amide bonds. The minimum Gasteiger partial charge on any atom is -0.366 e. The van der Waals surface area contributed by atoms with E-state index >= 15 is 0 Å². The zero-order chi connectivity index (χ0) is 12.7. The van der Waals surface area contributed by atoms with Crippen LogP contribution in [-0.4, -0.2) is 21.3 Å². The lowest BCUT2D eigenvalue weighted by Crippen LogP contribution is -2.25. The molecule has 18 heavy (non-hydrogen) atoms. The van der Waals surface area contributed by atoms with E-state index in [2.05, 4.69) is 15.4 Å². The maximum absolute atomic E-state index is 13.8. The Labute approximate surface area is 102 Å². The smallest absolute Gasteiger partial charge is 0.241 e. The van der Waals surface area contributed by atoms with E-state index in [1.54, 1.807) is 0 Å². The average Bonchev–Trinajstić information content (AvgIpc) is 2.72. The second-order valence-corrected chi connectivity index (χ2v) is 4.14. The SMILES string of the molecule is Nc1nc2n(n1)C(c1cc(F)ccc1F)CCN2. The lowest BCUT2D eigenvalue weighted by molar-refractivity contribution is 0.454. The Kier molecular flexibility index (Phi) is 2.39. The molecule has 0 aliphatic carbocycles. The molecule has 0 spiro atoms. The predicted molar refractivity (Wildman–Crippen MR) is 62.0 cm³/mol. The number of nitrogen functional groups attached to an aromatic ring is 1. The number of benzene rings is 1. The van der Waals surface area contributed by atoms with Crippen molar-refractivity contribution in [2.75, 3.05) is 17.6 Å². The monoisotopic (exact) mass is 251 g/mol. The summed E-state index contributed by atoms with van der Waals surface area (Å²) in [4.78, 5) is 3.98. The van der Waals surface area contributed by atoms with Crippen LogP contribution in [0.5, 0.6) is 0 Å². The van der Waals surface area contributed by atoms with Gasteiger partial charge >= 0.3 is 0 Å². The Morgan fingerprint density at radius 1 is 1.39 bits per heavy atom. The molecule has 1 unspecified atom stereocenters. The maximum atomic E-state index is 13.8. The molecular formula is C11H11F2N5. The van der Waals surface area contributed by atoms with Crippen LogP contribution in [0, 0.1) is 11.6 Å². The highest BCUT2D eigenvalue weighted by Crippen LogP contribution is 2.30. The zero-order valence-electron chi connectivity index (χ0n) is 9.40. The van der Waals surface area contributed by atoms with Crippen molar-refractivity contribution in [1.29, 1.82) is 0 Å². The summed E-state index contributed by atoms with van der Waals surface area (Å²) < 4.78 is 28.5. The molecule has 0 bridgehead atoms. The predicted octanol–water partition coefficient (Wildman–Crippen LogP) is 1.54. The van der Waals surface area contributed by atoms with Crippen LogP contribution >= 0.6 is 0 Å². The van der Waals surface area contributed by atoms with Gasteiger partial charge in [0.15, 0.2) is 0 Å². The molecule has 1 aliphatic rings. The van der Waals surface area contributed by atoms with E-state index in [1.807, 2.05) is 0 Å². The highest BCUT2D eigenvalue weighted by molar-refractivity contribution is 5.37. The van der Waals surface area contributed by atoms with Crippen LogP contribution in [0.25, 0.3) is 0 Å². The van der Waals surface area contributed by atoms with Gasteiger partial charge in [0.1, 0.15) is 11.6 Å². The molecule has 2 aromatic rings. The fraction of sp³-hybridized carbons (Fsp3) is 0.273. The van der Waals surface area contributed by atoms with Gasteiger partial charge in [0.05, 0.1) is 6.04 Å². The summed E-state index contributed by atoms with van der Waals surface area (Å²) in [6, 6.07) is 3.01. The molecule has 2 heterocycles.